The van der Waals surface area contributed by atoms with Crippen LogP contribution in [0.1, 0.15) is 41.2 Å². The number of aromatic nitrogens is 1. The van der Waals surface area contributed by atoms with Crippen molar-refractivity contribution in [1.82, 2.24) is 9.88 Å². The summed E-state index contributed by atoms with van der Waals surface area (Å²) < 4.78 is 6.27. The van der Waals surface area contributed by atoms with E-state index >= 15 is 0 Å². The fraction of sp³-hybridized carbons (Fsp3) is 0.400. The van der Waals surface area contributed by atoms with Gasteiger partial charge >= 0.3 is 10.8 Å². The van der Waals surface area contributed by atoms with Crippen LogP contribution >= 0.6 is 34.7 Å². The van der Waals surface area contributed by atoms with Crippen LogP contribution in [-0.4, -0.2) is 49.5 Å². The second-order valence-electron chi connectivity index (χ2n) is 11.7. The van der Waals surface area contributed by atoms with Gasteiger partial charge in [0.15, 0.2) is 0 Å². The fourth-order valence-electron chi connectivity index (χ4n) is 7.80. The Bertz CT molecular complexity index is 1760. The molecule has 3 fully saturated rings. The fourth-order valence-corrected chi connectivity index (χ4v) is 10.8. The van der Waals surface area contributed by atoms with Gasteiger partial charge in [-0.1, -0.05) is 35.1 Å². The summed E-state index contributed by atoms with van der Waals surface area (Å²) in [7, 11) is 0. The first kappa shape index (κ1) is 29.1. The lowest BCUT2D eigenvalue weighted by atomic mass is 9.68. The van der Waals surface area contributed by atoms with Gasteiger partial charge in [0.2, 0.25) is 11.8 Å². The number of benzene rings is 2. The predicted octanol–water partition coefficient (Wildman–Crippen LogP) is 4.92. The van der Waals surface area contributed by atoms with Crippen molar-refractivity contribution in [2.45, 2.75) is 42.1 Å². The van der Waals surface area contributed by atoms with Crippen molar-refractivity contribution in [3.63, 3.8) is 0 Å². The number of H-pyrrole nitrogens is 1. The number of halogens is 1. The van der Waals surface area contributed by atoms with E-state index in [0.29, 0.717) is 27.8 Å². The molecule has 2 saturated carbocycles. The summed E-state index contributed by atoms with van der Waals surface area (Å²) in [6.45, 7) is 0.249. The highest BCUT2D eigenvalue weighted by atomic mass is 35.5. The van der Waals surface area contributed by atoms with Gasteiger partial charge in [0.1, 0.15) is 12.4 Å². The third-order valence-corrected chi connectivity index (χ3v) is 12.3. The SMILES string of the molecule is O=C(O)CCCN1C(=O)C2C3CC(C2C1=O)C1C3Sc2[nH]c(=O)sc2[C@@H]1c1cc([N+](=O)[O-])ccc1OCc1ccc(Cl)cc1. The highest BCUT2D eigenvalue weighted by Crippen LogP contribution is 2.69. The number of carbonyl (C=O) groups excluding carboxylic acids is 2. The zero-order valence-electron chi connectivity index (χ0n) is 23.0. The number of carboxylic acid groups (broad SMARTS) is 1. The molecule has 228 valence electrons. The lowest BCUT2D eigenvalue weighted by molar-refractivity contribution is -0.385. The number of thioether (sulfide) groups is 1. The number of nitrogens with one attached hydrogen (secondary N) is 1. The number of nitro groups is 1. The Morgan fingerprint density at radius 3 is 2.55 bits per heavy atom. The van der Waals surface area contributed by atoms with Crippen molar-refractivity contribution in [1.29, 1.82) is 0 Å². The Hall–Kier alpha value is -3.68. The zero-order chi connectivity index (χ0) is 30.9. The summed E-state index contributed by atoms with van der Waals surface area (Å²) in [5, 5.41) is 22.1. The standard InChI is InChI=1S/C30H26ClN3O8S2/c31-14-5-3-13(4-6-14)12-42-19-8-7-15(34(40)41)10-16(19)21-22-17-11-18(25(22)43-27-26(21)44-30(39)32-27)24-23(17)28(37)33(29(24)38)9-1-2-20(35)36/h3-8,10,17-18,21-25H,1-2,9,11-12H2,(H,32,39)(H,35,36)/t17?,18?,21-,22?,23?,24?,25?/m1/s1. The van der Waals surface area contributed by atoms with E-state index in [9.17, 15) is 29.3 Å². The molecular weight excluding hydrogens is 630 g/mol. The molecule has 1 saturated heterocycles. The second-order valence-corrected chi connectivity index (χ2v) is 14.3. The first-order chi connectivity index (χ1) is 21.1. The van der Waals surface area contributed by atoms with Gasteiger partial charge in [0.05, 0.1) is 21.8 Å². The van der Waals surface area contributed by atoms with E-state index in [4.69, 9.17) is 21.4 Å². The molecule has 4 aliphatic rings. The number of hydrogen-bond donors (Lipinski definition) is 2. The summed E-state index contributed by atoms with van der Waals surface area (Å²) >= 11 is 8.61. The van der Waals surface area contributed by atoms with Gasteiger partial charge in [-0.2, -0.15) is 0 Å². The van der Waals surface area contributed by atoms with Crippen LogP contribution < -0.4 is 9.61 Å². The monoisotopic (exact) mass is 655 g/mol. The van der Waals surface area contributed by atoms with Crippen LogP contribution in [0.4, 0.5) is 5.69 Å². The maximum atomic E-state index is 13.7. The van der Waals surface area contributed by atoms with Crippen molar-refractivity contribution < 1.29 is 29.2 Å². The molecule has 14 heteroatoms. The number of ether oxygens (including phenoxy) is 1. The van der Waals surface area contributed by atoms with Gasteiger partial charge in [-0.3, -0.25) is 34.2 Å². The second kappa shape index (κ2) is 11.0. The number of fused-ring (bicyclic) bond motifs is 9. The number of carbonyl (C=O) groups is 3. The van der Waals surface area contributed by atoms with Crippen LogP contribution in [0.15, 0.2) is 52.3 Å². The topological polar surface area (TPSA) is 160 Å². The number of rotatable bonds is 9. The first-order valence-electron chi connectivity index (χ1n) is 14.2. The van der Waals surface area contributed by atoms with Crippen LogP contribution in [0.5, 0.6) is 5.75 Å². The molecule has 0 spiro atoms. The van der Waals surface area contributed by atoms with E-state index in [1.54, 1.807) is 18.2 Å². The molecule has 3 heterocycles. The van der Waals surface area contributed by atoms with Gasteiger partial charge in [-0.05, 0) is 54.4 Å². The van der Waals surface area contributed by atoms with E-state index in [2.05, 4.69) is 4.98 Å². The normalized spacial score (nSPS) is 28.1. The van der Waals surface area contributed by atoms with Crippen LogP contribution in [0.3, 0.4) is 0 Å². The number of carboxylic acids is 1. The van der Waals surface area contributed by atoms with Crippen molar-refractivity contribution >= 4 is 58.2 Å². The summed E-state index contributed by atoms with van der Waals surface area (Å²) in [5.41, 5.74) is 1.30. The molecule has 2 aliphatic carbocycles. The van der Waals surface area contributed by atoms with Crippen LogP contribution in [-0.2, 0) is 21.0 Å². The summed E-state index contributed by atoms with van der Waals surface area (Å²) in [5.74, 6) is -3.08. The van der Waals surface area contributed by atoms with Crippen molar-refractivity contribution in [3.05, 3.63) is 83.3 Å². The molecule has 2 bridgehead atoms. The number of aromatic amines is 1. The molecule has 44 heavy (non-hydrogen) atoms. The number of nitro benzene ring substituents is 1. The Kier molecular flexibility index (Phi) is 7.29. The number of amides is 2. The number of non-ortho nitro benzene ring substituents is 1. The van der Waals surface area contributed by atoms with E-state index < -0.39 is 28.6 Å². The molecule has 0 radical (unpaired) electrons. The first-order valence-corrected chi connectivity index (χ1v) is 16.3. The lowest BCUT2D eigenvalue weighted by Crippen LogP contribution is -2.42. The number of imide groups is 1. The predicted molar refractivity (Wildman–Crippen MR) is 161 cm³/mol. The summed E-state index contributed by atoms with van der Waals surface area (Å²) in [4.78, 5) is 67.1. The van der Waals surface area contributed by atoms with Crippen LogP contribution in [0.25, 0.3) is 0 Å². The van der Waals surface area contributed by atoms with Gasteiger partial charge in [0.25, 0.3) is 5.69 Å². The molecule has 1 aromatic heterocycles. The van der Waals surface area contributed by atoms with Gasteiger partial charge < -0.3 is 14.8 Å². The third kappa shape index (κ3) is 4.72. The van der Waals surface area contributed by atoms with Crippen LogP contribution in [0, 0.1) is 39.7 Å². The summed E-state index contributed by atoms with van der Waals surface area (Å²) in [6, 6.07) is 11.6. The molecule has 2 N–H and O–H groups in total. The molecule has 11 nitrogen and oxygen atoms in total. The molecule has 7 rings (SSSR count). The van der Waals surface area contributed by atoms with Gasteiger partial charge in [0, 0.05) is 51.7 Å². The van der Waals surface area contributed by atoms with E-state index in [0.717, 1.165) is 21.8 Å². The number of thiazole rings is 1. The van der Waals surface area contributed by atoms with Crippen LogP contribution in [0.2, 0.25) is 5.02 Å². The molecular formula is C30H26ClN3O8S2. The average Bonchev–Trinajstić information content (AvgIpc) is 3.72. The zero-order valence-corrected chi connectivity index (χ0v) is 25.4. The molecule has 2 amide bonds. The Morgan fingerprint density at radius 1 is 1.11 bits per heavy atom. The minimum Gasteiger partial charge on any atom is -0.489 e. The van der Waals surface area contributed by atoms with E-state index in [1.165, 1.54) is 28.8 Å². The average molecular weight is 656 g/mol. The Morgan fingerprint density at radius 2 is 1.84 bits per heavy atom. The minimum atomic E-state index is -0.985. The van der Waals surface area contributed by atoms with Crippen molar-refractivity contribution in [3.8, 4) is 5.75 Å². The summed E-state index contributed by atoms with van der Waals surface area (Å²) in [6.07, 6.45) is 0.706. The van der Waals surface area contributed by atoms with E-state index in [-0.39, 0.29) is 71.4 Å². The maximum Gasteiger partial charge on any atom is 0.305 e. The molecule has 2 aliphatic heterocycles. The molecule has 7 atom stereocenters. The highest BCUT2D eigenvalue weighted by molar-refractivity contribution is 8.00. The maximum absolute atomic E-state index is 13.7. The van der Waals surface area contributed by atoms with Crippen molar-refractivity contribution in [2.24, 2.45) is 29.6 Å². The molecule has 3 aromatic rings. The smallest absolute Gasteiger partial charge is 0.305 e. The van der Waals surface area contributed by atoms with E-state index in [1.807, 2.05) is 12.1 Å². The van der Waals surface area contributed by atoms with Gasteiger partial charge in [-0.25, -0.2) is 0 Å². The highest BCUT2D eigenvalue weighted by Gasteiger charge is 2.69. The van der Waals surface area contributed by atoms with Crippen molar-refractivity contribution in [2.75, 3.05) is 6.54 Å². The Balaban J connectivity index is 1.28. The molecule has 6 unspecified atom stereocenters. The quantitative estimate of drug-likeness (QED) is 0.185. The minimum absolute atomic E-state index is 0.0660. The Labute approximate surface area is 263 Å². The number of aliphatic carboxylic acids is 1. The lowest BCUT2D eigenvalue weighted by Gasteiger charge is -2.43. The molecule has 2 aromatic carbocycles. The third-order valence-electron chi connectivity index (χ3n) is 9.43. The number of nitrogens with zero attached hydrogens (tertiary/aromatic N) is 2. The number of hydrogen-bond acceptors (Lipinski definition) is 9. The largest absolute Gasteiger partial charge is 0.489 e. The van der Waals surface area contributed by atoms with Gasteiger partial charge in [-0.15, -0.1) is 11.8 Å². The number of likely N-dealkylation sites (tertiary alicyclic amines) is 1.